The van der Waals surface area contributed by atoms with Crippen molar-refractivity contribution in [1.29, 1.82) is 10.5 Å². The molecule has 0 atom stereocenters. The van der Waals surface area contributed by atoms with Crippen LogP contribution < -0.4 is 0 Å². The third-order valence-electron chi connectivity index (χ3n) is 5.49. The summed E-state index contributed by atoms with van der Waals surface area (Å²) in [6, 6.07) is 20.7. The molecule has 0 bridgehead atoms. The number of benzene rings is 3. The first-order valence-electron chi connectivity index (χ1n) is 10.1. The molecule has 34 heavy (non-hydrogen) atoms. The smallest absolute Gasteiger partial charge is 0.200 e. The maximum Gasteiger partial charge on any atom is 0.200 e. The number of halogens is 5. The van der Waals surface area contributed by atoms with E-state index in [2.05, 4.69) is 0 Å². The van der Waals surface area contributed by atoms with Crippen LogP contribution in [0.15, 0.2) is 72.1 Å². The van der Waals surface area contributed by atoms with Gasteiger partial charge in [0, 0.05) is 13.1 Å². The second-order valence-electron chi connectivity index (χ2n) is 7.51. The van der Waals surface area contributed by atoms with Crippen molar-refractivity contribution < 1.29 is 22.0 Å². The zero-order chi connectivity index (χ0) is 24.4. The first-order valence-corrected chi connectivity index (χ1v) is 10.1. The van der Waals surface area contributed by atoms with Crippen molar-refractivity contribution in [2.45, 2.75) is 19.3 Å². The summed E-state index contributed by atoms with van der Waals surface area (Å²) in [7, 11) is 0. The molecule has 0 spiro atoms. The Bertz CT molecular complexity index is 1250. The lowest BCUT2D eigenvalue weighted by atomic mass is 10.1. The molecule has 1 aliphatic heterocycles. The summed E-state index contributed by atoms with van der Waals surface area (Å²) in [5, 5.41) is 19.7. The third kappa shape index (κ3) is 3.82. The molecule has 3 aromatic carbocycles. The Kier molecular flexibility index (Phi) is 6.20. The molecule has 4 nitrogen and oxygen atoms in total. The molecule has 170 valence electrons. The van der Waals surface area contributed by atoms with E-state index >= 15 is 0 Å². The second-order valence-corrected chi connectivity index (χ2v) is 7.51. The van der Waals surface area contributed by atoms with Crippen LogP contribution in [0.5, 0.6) is 0 Å². The SMILES string of the molecule is N#CC1=C(C#N)N(Cc2ccccc2)C(c2c(F)c(F)c(F)c(F)c2F)N1Cc1ccccc1. The summed E-state index contributed by atoms with van der Waals surface area (Å²) in [6.45, 7) is -0.241. The van der Waals surface area contributed by atoms with Gasteiger partial charge in [-0.2, -0.15) is 10.5 Å². The van der Waals surface area contributed by atoms with Gasteiger partial charge in [0.05, 0.1) is 5.56 Å². The summed E-state index contributed by atoms with van der Waals surface area (Å²) in [6.07, 6.45) is -1.64. The van der Waals surface area contributed by atoms with Crippen LogP contribution >= 0.6 is 0 Å². The van der Waals surface area contributed by atoms with E-state index < -0.39 is 40.8 Å². The van der Waals surface area contributed by atoms with Crippen LogP contribution in [0.25, 0.3) is 0 Å². The Morgan fingerprint density at radius 2 is 0.941 bits per heavy atom. The normalized spacial score (nSPS) is 13.9. The number of hydrogen-bond donors (Lipinski definition) is 0. The van der Waals surface area contributed by atoms with Crippen LogP contribution in [0.1, 0.15) is 22.9 Å². The molecule has 1 aliphatic rings. The zero-order valence-electron chi connectivity index (χ0n) is 17.4. The van der Waals surface area contributed by atoms with Gasteiger partial charge in [0.15, 0.2) is 34.7 Å². The van der Waals surface area contributed by atoms with Crippen molar-refractivity contribution in [2.75, 3.05) is 0 Å². The van der Waals surface area contributed by atoms with Crippen molar-refractivity contribution in [3.63, 3.8) is 0 Å². The maximum atomic E-state index is 15.0. The van der Waals surface area contributed by atoms with E-state index in [1.165, 1.54) is 9.80 Å². The number of nitrogens with zero attached hydrogens (tertiary/aromatic N) is 4. The van der Waals surface area contributed by atoms with Gasteiger partial charge in [-0.15, -0.1) is 0 Å². The lowest BCUT2D eigenvalue weighted by molar-refractivity contribution is 0.122. The monoisotopic (exact) mass is 466 g/mol. The Labute approximate surface area is 192 Å². The number of rotatable bonds is 5. The van der Waals surface area contributed by atoms with E-state index in [-0.39, 0.29) is 24.5 Å². The zero-order valence-corrected chi connectivity index (χ0v) is 17.4. The summed E-state index contributed by atoms with van der Waals surface area (Å²) in [5.41, 5.74) is -0.417. The molecule has 0 fully saturated rings. The molecular formula is C25H15F5N4. The molecule has 0 aliphatic carbocycles. The van der Waals surface area contributed by atoms with Crippen LogP contribution in [0, 0.1) is 51.7 Å². The van der Waals surface area contributed by atoms with Gasteiger partial charge in [-0.1, -0.05) is 60.7 Å². The molecule has 0 aromatic heterocycles. The molecule has 0 unspecified atom stereocenters. The van der Waals surface area contributed by atoms with Gasteiger partial charge in [0.1, 0.15) is 18.3 Å². The molecule has 1 heterocycles. The van der Waals surface area contributed by atoms with Crippen LogP contribution in [0.2, 0.25) is 0 Å². The first kappa shape index (κ1) is 22.8. The Hall–Kier alpha value is -4.37. The van der Waals surface area contributed by atoms with Crippen molar-refractivity contribution in [3.8, 4) is 12.1 Å². The van der Waals surface area contributed by atoms with E-state index in [1.807, 2.05) is 12.1 Å². The Morgan fingerprint density at radius 3 is 1.29 bits per heavy atom. The van der Waals surface area contributed by atoms with Crippen LogP contribution in [-0.4, -0.2) is 9.80 Å². The Balaban J connectivity index is 1.95. The van der Waals surface area contributed by atoms with Crippen LogP contribution in [0.4, 0.5) is 22.0 Å². The van der Waals surface area contributed by atoms with Crippen LogP contribution in [-0.2, 0) is 13.1 Å². The fourth-order valence-electron chi connectivity index (χ4n) is 3.97. The Morgan fingerprint density at radius 1 is 0.588 bits per heavy atom. The average Bonchev–Trinajstić information content (AvgIpc) is 3.14. The van der Waals surface area contributed by atoms with E-state index in [0.717, 1.165) is 0 Å². The molecule has 9 heteroatoms. The summed E-state index contributed by atoms with van der Waals surface area (Å²) < 4.78 is 72.1. The molecular weight excluding hydrogens is 451 g/mol. The second kappa shape index (κ2) is 9.24. The van der Waals surface area contributed by atoms with E-state index in [0.29, 0.717) is 11.1 Å². The minimum Gasteiger partial charge on any atom is -0.332 e. The quantitative estimate of drug-likeness (QED) is 0.277. The predicted molar refractivity (Wildman–Crippen MR) is 111 cm³/mol. The summed E-state index contributed by atoms with van der Waals surface area (Å²) in [5.74, 6) is -10.5. The van der Waals surface area contributed by atoms with E-state index in [1.54, 1.807) is 60.7 Å². The molecule has 0 N–H and O–H groups in total. The lowest BCUT2D eigenvalue weighted by Gasteiger charge is -2.34. The molecule has 0 saturated heterocycles. The minimum absolute atomic E-state index is 0.121. The van der Waals surface area contributed by atoms with Gasteiger partial charge in [-0.3, -0.25) is 0 Å². The largest absolute Gasteiger partial charge is 0.332 e. The molecule has 0 amide bonds. The number of hydrogen-bond acceptors (Lipinski definition) is 4. The topological polar surface area (TPSA) is 54.1 Å². The van der Waals surface area contributed by atoms with Gasteiger partial charge in [0.2, 0.25) is 5.82 Å². The average molecular weight is 466 g/mol. The van der Waals surface area contributed by atoms with E-state index in [4.69, 9.17) is 0 Å². The standard InChI is InChI=1S/C25H15F5N4/c26-20-19(21(27)23(29)24(30)22(20)28)25-33(13-15-7-3-1-4-8-15)17(11-31)18(12-32)34(25)14-16-9-5-2-6-10-16/h1-10,25H,13-14H2. The van der Waals surface area contributed by atoms with Gasteiger partial charge >= 0.3 is 0 Å². The van der Waals surface area contributed by atoms with Gasteiger partial charge in [-0.25, -0.2) is 22.0 Å². The highest BCUT2D eigenvalue weighted by Gasteiger charge is 2.44. The molecule has 3 aromatic rings. The van der Waals surface area contributed by atoms with Gasteiger partial charge in [0.25, 0.3) is 0 Å². The van der Waals surface area contributed by atoms with Gasteiger partial charge < -0.3 is 9.80 Å². The van der Waals surface area contributed by atoms with Gasteiger partial charge in [-0.05, 0) is 11.1 Å². The molecule has 4 rings (SSSR count). The van der Waals surface area contributed by atoms with Crippen molar-refractivity contribution in [1.82, 2.24) is 9.80 Å². The van der Waals surface area contributed by atoms with E-state index in [9.17, 15) is 32.5 Å². The fraction of sp³-hybridized carbons (Fsp3) is 0.120. The molecule has 0 saturated carbocycles. The number of nitriles is 2. The van der Waals surface area contributed by atoms with Crippen LogP contribution in [0.3, 0.4) is 0 Å². The molecule has 0 radical (unpaired) electrons. The highest BCUT2D eigenvalue weighted by atomic mass is 19.2. The van der Waals surface area contributed by atoms with Crippen molar-refractivity contribution in [3.05, 3.63) is 118 Å². The maximum absolute atomic E-state index is 15.0. The summed E-state index contributed by atoms with van der Waals surface area (Å²) >= 11 is 0. The predicted octanol–water partition coefficient (Wildman–Crippen LogP) is 5.66. The highest BCUT2D eigenvalue weighted by Crippen LogP contribution is 2.44. The lowest BCUT2D eigenvalue weighted by Crippen LogP contribution is -2.34. The fourth-order valence-corrected chi connectivity index (χ4v) is 3.97. The summed E-state index contributed by atoms with van der Waals surface area (Å²) in [4.78, 5) is 2.35. The first-order chi connectivity index (χ1) is 16.4. The van der Waals surface area contributed by atoms with Crippen molar-refractivity contribution in [2.24, 2.45) is 0 Å². The third-order valence-corrected chi connectivity index (χ3v) is 5.49. The number of allylic oxidation sites excluding steroid dienone is 2. The minimum atomic E-state index is -2.28. The highest BCUT2D eigenvalue weighted by molar-refractivity contribution is 5.44. The van der Waals surface area contributed by atoms with Crippen molar-refractivity contribution >= 4 is 0 Å².